The molecule has 1 aromatic carbocycles. The highest BCUT2D eigenvalue weighted by Crippen LogP contribution is 2.29. The van der Waals surface area contributed by atoms with Crippen molar-refractivity contribution in [2.45, 2.75) is 31.3 Å². The summed E-state index contributed by atoms with van der Waals surface area (Å²) in [4.78, 5) is 20.0. The third-order valence-corrected chi connectivity index (χ3v) is 7.03. The molecule has 2 rings (SSSR count). The second kappa shape index (κ2) is 8.99. The minimum absolute atomic E-state index is 0.0785. The van der Waals surface area contributed by atoms with E-state index in [0.29, 0.717) is 18.0 Å². The number of nitrogens with one attached hydrogen (secondary N) is 1. The Morgan fingerprint density at radius 2 is 2.00 bits per heavy atom. The number of carbonyl (C=O) groups excluding carboxylic acids is 1. The molecule has 1 N–H and O–H groups in total. The van der Waals surface area contributed by atoms with Gasteiger partial charge in [0.15, 0.2) is 0 Å². The Morgan fingerprint density at radius 1 is 1.32 bits per heavy atom. The lowest BCUT2D eigenvalue weighted by molar-refractivity contribution is -0.120. The zero-order chi connectivity index (χ0) is 21.1. The smallest absolute Gasteiger partial charge is 0.242 e. The molecule has 0 spiro atoms. The Balaban J connectivity index is 2.19. The quantitative estimate of drug-likeness (QED) is 0.696. The normalized spacial score (nSPS) is 13.0. The van der Waals surface area contributed by atoms with Gasteiger partial charge in [-0.15, -0.1) is 11.3 Å². The Kier molecular flexibility index (Phi) is 7.16. The summed E-state index contributed by atoms with van der Waals surface area (Å²) < 4.78 is 31.1. The van der Waals surface area contributed by atoms with Crippen LogP contribution in [0.15, 0.2) is 29.3 Å². The van der Waals surface area contributed by atoms with Crippen LogP contribution in [-0.2, 0) is 21.4 Å². The van der Waals surface area contributed by atoms with E-state index < -0.39 is 16.1 Å². The van der Waals surface area contributed by atoms with Crippen LogP contribution >= 0.6 is 11.3 Å². The number of sulfonamides is 1. The van der Waals surface area contributed by atoms with E-state index in [1.54, 1.807) is 24.5 Å². The van der Waals surface area contributed by atoms with Crippen molar-refractivity contribution in [3.8, 4) is 5.75 Å². The third-order valence-electron chi connectivity index (χ3n) is 4.32. The largest absolute Gasteiger partial charge is 0.495 e. The van der Waals surface area contributed by atoms with Gasteiger partial charge in [-0.25, -0.2) is 17.7 Å². The number of rotatable bonds is 8. The summed E-state index contributed by atoms with van der Waals surface area (Å²) in [6.45, 7) is 4.31. The van der Waals surface area contributed by atoms with Crippen LogP contribution in [0.4, 0.5) is 5.69 Å². The summed E-state index contributed by atoms with van der Waals surface area (Å²) in [5, 5.41) is 3.76. The van der Waals surface area contributed by atoms with Crippen LogP contribution in [0.1, 0.15) is 16.8 Å². The first-order valence-electron chi connectivity index (χ1n) is 8.59. The van der Waals surface area contributed by atoms with Crippen molar-refractivity contribution in [3.05, 3.63) is 34.3 Å². The van der Waals surface area contributed by atoms with Crippen LogP contribution < -0.4 is 10.1 Å². The van der Waals surface area contributed by atoms with Gasteiger partial charge in [-0.1, -0.05) is 0 Å². The zero-order valence-electron chi connectivity index (χ0n) is 16.9. The third kappa shape index (κ3) is 5.07. The lowest BCUT2D eigenvalue weighted by Crippen LogP contribution is -2.39. The fraction of sp³-hybridized carbons (Fsp3) is 0.444. The summed E-state index contributed by atoms with van der Waals surface area (Å²) in [5.41, 5.74) is 0.310. The van der Waals surface area contributed by atoms with Gasteiger partial charge < -0.3 is 10.1 Å². The molecule has 0 saturated carbocycles. The number of aromatic nitrogens is 1. The molecule has 8 nitrogen and oxygen atoms in total. The molecule has 10 heteroatoms. The van der Waals surface area contributed by atoms with E-state index in [1.165, 1.54) is 39.4 Å². The number of aryl methyl sites for hydroxylation is 1. The van der Waals surface area contributed by atoms with Crippen molar-refractivity contribution in [1.29, 1.82) is 0 Å². The molecule has 0 fully saturated rings. The van der Waals surface area contributed by atoms with Gasteiger partial charge in [0.05, 0.1) is 28.7 Å². The van der Waals surface area contributed by atoms with Crippen LogP contribution in [0.2, 0.25) is 0 Å². The number of benzene rings is 1. The molecule has 0 aliphatic heterocycles. The minimum Gasteiger partial charge on any atom is -0.495 e. The molecule has 1 heterocycles. The number of amides is 1. The monoisotopic (exact) mass is 426 g/mol. The molecule has 0 aliphatic rings. The van der Waals surface area contributed by atoms with Gasteiger partial charge in [-0.2, -0.15) is 0 Å². The van der Waals surface area contributed by atoms with Crippen molar-refractivity contribution < 1.29 is 17.9 Å². The van der Waals surface area contributed by atoms with E-state index in [4.69, 9.17) is 4.74 Å². The maximum atomic E-state index is 12.7. The predicted octanol–water partition coefficient (Wildman–Crippen LogP) is 2.17. The lowest BCUT2D eigenvalue weighted by atomic mass is 10.2. The second-order valence-electron chi connectivity index (χ2n) is 6.58. The highest BCUT2D eigenvalue weighted by molar-refractivity contribution is 7.89. The number of methoxy groups -OCH3 is 1. The molecule has 0 aliphatic carbocycles. The molecule has 1 amide bonds. The molecule has 0 radical (unpaired) electrons. The highest BCUT2D eigenvalue weighted by Gasteiger charge is 2.23. The lowest BCUT2D eigenvalue weighted by Gasteiger charge is -2.23. The standard InChI is InChI=1S/C18H26N4O4S2/c1-12(22(5)11-14-10-19-13(2)27-14)18(23)20-16-9-15(7-8-17(16)26-6)28(24,25)21(3)4/h7-10,12H,11H2,1-6H3,(H,20,23). The average Bonchev–Trinajstić information content (AvgIpc) is 3.05. The molecule has 0 saturated heterocycles. The van der Waals surface area contributed by atoms with Crippen molar-refractivity contribution in [1.82, 2.24) is 14.2 Å². The first kappa shape index (κ1) is 22.3. The predicted molar refractivity (Wildman–Crippen MR) is 110 cm³/mol. The highest BCUT2D eigenvalue weighted by atomic mass is 32.2. The van der Waals surface area contributed by atoms with Crippen LogP contribution in [0.25, 0.3) is 0 Å². The van der Waals surface area contributed by atoms with E-state index in [-0.39, 0.29) is 10.8 Å². The van der Waals surface area contributed by atoms with E-state index >= 15 is 0 Å². The van der Waals surface area contributed by atoms with Crippen molar-refractivity contribution >= 4 is 33.0 Å². The van der Waals surface area contributed by atoms with Crippen LogP contribution in [0.3, 0.4) is 0 Å². The fourth-order valence-corrected chi connectivity index (χ4v) is 4.24. The number of likely N-dealkylation sites (N-methyl/N-ethyl adjacent to an activating group) is 1. The molecule has 2 aromatic rings. The molecule has 0 bridgehead atoms. The molecule has 1 unspecified atom stereocenters. The fourth-order valence-electron chi connectivity index (χ4n) is 2.45. The second-order valence-corrected chi connectivity index (χ2v) is 10.0. The Hall–Kier alpha value is -2.01. The van der Waals surface area contributed by atoms with Crippen molar-refractivity contribution in [2.75, 3.05) is 33.6 Å². The zero-order valence-corrected chi connectivity index (χ0v) is 18.5. The van der Waals surface area contributed by atoms with E-state index in [2.05, 4.69) is 10.3 Å². The number of ether oxygens (including phenoxy) is 1. The van der Waals surface area contributed by atoms with Crippen LogP contribution in [0.5, 0.6) is 5.75 Å². The number of anilines is 1. The van der Waals surface area contributed by atoms with Crippen molar-refractivity contribution in [3.63, 3.8) is 0 Å². The summed E-state index contributed by atoms with van der Waals surface area (Å²) >= 11 is 1.59. The topological polar surface area (TPSA) is 91.8 Å². The SMILES string of the molecule is COc1ccc(S(=O)(=O)N(C)C)cc1NC(=O)C(C)N(C)Cc1cnc(C)s1. The molecule has 28 heavy (non-hydrogen) atoms. The van der Waals surface area contributed by atoms with Crippen LogP contribution in [-0.4, -0.2) is 62.8 Å². The van der Waals surface area contributed by atoms with Gasteiger partial charge in [-0.05, 0) is 39.1 Å². The first-order chi connectivity index (χ1) is 13.1. The summed E-state index contributed by atoms with van der Waals surface area (Å²) in [5.74, 6) is 0.125. The minimum atomic E-state index is -3.62. The first-order valence-corrected chi connectivity index (χ1v) is 10.8. The number of carbonyl (C=O) groups is 1. The average molecular weight is 427 g/mol. The molecular formula is C18H26N4O4S2. The van der Waals surface area contributed by atoms with E-state index in [9.17, 15) is 13.2 Å². The Bertz CT molecular complexity index is 941. The van der Waals surface area contributed by atoms with E-state index in [1.807, 2.05) is 18.9 Å². The van der Waals surface area contributed by atoms with Crippen LogP contribution in [0, 0.1) is 6.92 Å². The molecule has 154 valence electrons. The number of hydrogen-bond donors (Lipinski definition) is 1. The van der Waals surface area contributed by atoms with Gasteiger partial charge >= 0.3 is 0 Å². The number of thiazole rings is 1. The molecular weight excluding hydrogens is 400 g/mol. The van der Waals surface area contributed by atoms with Gasteiger partial charge in [0.2, 0.25) is 15.9 Å². The van der Waals surface area contributed by atoms with Gasteiger partial charge in [-0.3, -0.25) is 9.69 Å². The molecule has 1 aromatic heterocycles. The Morgan fingerprint density at radius 3 is 2.54 bits per heavy atom. The number of nitrogens with zero attached hydrogens (tertiary/aromatic N) is 3. The maximum Gasteiger partial charge on any atom is 0.242 e. The maximum absolute atomic E-state index is 12.7. The summed E-state index contributed by atoms with van der Waals surface area (Å²) in [6, 6.07) is 3.94. The van der Waals surface area contributed by atoms with Gasteiger partial charge in [0.25, 0.3) is 0 Å². The van der Waals surface area contributed by atoms with E-state index in [0.717, 1.165) is 14.2 Å². The summed E-state index contributed by atoms with van der Waals surface area (Å²) in [7, 11) is 2.60. The number of hydrogen-bond acceptors (Lipinski definition) is 7. The van der Waals surface area contributed by atoms with Gasteiger partial charge in [0, 0.05) is 31.7 Å². The van der Waals surface area contributed by atoms with Gasteiger partial charge in [0.1, 0.15) is 5.75 Å². The molecule has 1 atom stereocenters. The van der Waals surface area contributed by atoms with Crippen molar-refractivity contribution in [2.24, 2.45) is 0 Å². The summed E-state index contributed by atoms with van der Waals surface area (Å²) in [6.07, 6.45) is 1.81. The Labute approximate surface area is 170 Å².